The molecule has 0 radical (unpaired) electrons. The van der Waals surface area contributed by atoms with Crippen molar-refractivity contribution in [3.8, 4) is 11.1 Å². The molecule has 0 N–H and O–H groups in total. The number of hydrogen-bond acceptors (Lipinski definition) is 4. The molecule has 59 heavy (non-hydrogen) atoms. The minimum atomic E-state index is -0.0673. The summed E-state index contributed by atoms with van der Waals surface area (Å²) in [4.78, 5) is 2.64. The van der Waals surface area contributed by atoms with Crippen molar-refractivity contribution >= 4 is 131 Å². The van der Waals surface area contributed by atoms with Crippen LogP contribution >= 0.6 is 22.7 Å². The van der Waals surface area contributed by atoms with Crippen molar-refractivity contribution in [2.24, 2.45) is 0 Å². The summed E-state index contributed by atoms with van der Waals surface area (Å²) >= 11 is 3.90. The molecule has 0 spiro atoms. The Hall–Kier alpha value is -5.82. The van der Waals surface area contributed by atoms with Gasteiger partial charge in [0.2, 0.25) is 0 Å². The molecule has 0 fully saturated rings. The summed E-state index contributed by atoms with van der Waals surface area (Å²) in [6.45, 7) is 12.1. The molecule has 11 aromatic rings. The van der Waals surface area contributed by atoms with Gasteiger partial charge in [0.25, 0.3) is 0 Å². The number of hydrogen-bond donors (Lipinski definition) is 0. The van der Waals surface area contributed by atoms with Crippen molar-refractivity contribution in [3.63, 3.8) is 0 Å². The molecule has 3 nitrogen and oxygen atoms in total. The first-order valence-electron chi connectivity index (χ1n) is 21.0. The molecule has 0 amide bonds. The van der Waals surface area contributed by atoms with Crippen molar-refractivity contribution in [1.29, 1.82) is 0 Å². The zero-order valence-corrected chi connectivity index (χ0v) is 35.3. The van der Waals surface area contributed by atoms with Crippen LogP contribution in [-0.2, 0) is 10.8 Å². The summed E-state index contributed by atoms with van der Waals surface area (Å²) in [6.07, 6.45) is 2.36. The van der Waals surface area contributed by atoms with Gasteiger partial charge >= 0.3 is 6.85 Å². The summed E-state index contributed by atoms with van der Waals surface area (Å²) in [7, 11) is 0. The molecule has 0 bridgehead atoms. The van der Waals surface area contributed by atoms with Crippen LogP contribution in [-0.4, -0.2) is 11.3 Å². The highest BCUT2D eigenvalue weighted by Crippen LogP contribution is 2.54. The van der Waals surface area contributed by atoms with Gasteiger partial charge in [-0.05, 0) is 94.1 Å². The Bertz CT molecular complexity index is 3720. The lowest BCUT2D eigenvalue weighted by molar-refractivity contribution is 0.332. The summed E-state index contributed by atoms with van der Waals surface area (Å²) in [5, 5.41) is 7.72. The second-order valence-electron chi connectivity index (χ2n) is 18.7. The second-order valence-corrected chi connectivity index (χ2v) is 20.8. The zero-order valence-electron chi connectivity index (χ0n) is 33.7. The molecular formula is C53H39BN2OS2. The second kappa shape index (κ2) is 10.9. The minimum absolute atomic E-state index is 0.0628. The molecular weight excluding hydrogens is 756 g/mol. The fourth-order valence-corrected chi connectivity index (χ4v) is 14.1. The highest BCUT2D eigenvalue weighted by molar-refractivity contribution is 7.28. The molecule has 0 unspecified atom stereocenters. The molecule has 0 atom stereocenters. The molecule has 282 valence electrons. The van der Waals surface area contributed by atoms with Gasteiger partial charge in [-0.25, -0.2) is 0 Å². The first-order valence-corrected chi connectivity index (χ1v) is 22.6. The number of aromatic nitrogens is 1. The fourth-order valence-electron chi connectivity index (χ4n) is 11.6. The molecule has 1 aliphatic carbocycles. The standard InChI is InChI=1S/C53H39BN2OS2/c1-28-25-35-36(53(4,5)24-23-52(35,2)3)26-38(28)55-37-22-21-30-29-13-7-10-19-42(29)58-50(30)47(37)54-46-39(55)27-41-44(31-14-6-9-18-40(31)57-41)45(46)33-16-12-17-34-48(33)56(54)49-32-15-8-11-20-43(32)59-51(34)49/h6-22,25-27H,23-24H2,1-5H3. The van der Waals surface area contributed by atoms with Crippen LogP contribution in [0.2, 0.25) is 0 Å². The number of furan rings is 1. The number of anilines is 3. The monoisotopic (exact) mass is 794 g/mol. The van der Waals surface area contributed by atoms with Crippen LogP contribution in [0.4, 0.5) is 17.1 Å². The number of fused-ring (bicyclic) bond motifs is 18. The summed E-state index contributed by atoms with van der Waals surface area (Å²) in [5.74, 6) is 0. The SMILES string of the molecule is Cc1cc2c(cc1N1c3cc4oc5ccccc5c4c4c3B(c3c1ccc1c3sc3ccccc31)n1c3c-4cccc3c3sc4ccccc4c31)C(C)(C)CCC2(C)C. The number of rotatable bonds is 1. The number of para-hydroxylation sites is 2. The maximum Gasteiger partial charge on any atom is 0.334 e. The van der Waals surface area contributed by atoms with E-state index in [9.17, 15) is 0 Å². The zero-order chi connectivity index (χ0) is 39.3. The number of benzene rings is 7. The van der Waals surface area contributed by atoms with Gasteiger partial charge in [0.05, 0.1) is 10.2 Å². The average molecular weight is 795 g/mol. The summed E-state index contributed by atoms with van der Waals surface area (Å²) in [6, 6.07) is 46.1. The van der Waals surface area contributed by atoms with Crippen molar-refractivity contribution in [1.82, 2.24) is 4.48 Å². The first kappa shape index (κ1) is 33.1. The Kier molecular flexibility index (Phi) is 6.09. The van der Waals surface area contributed by atoms with Gasteiger partial charge in [0, 0.05) is 80.6 Å². The number of aryl methyl sites for hydroxylation is 1. The lowest BCUT2D eigenvalue weighted by Gasteiger charge is -2.44. The molecule has 0 saturated heterocycles. The Labute approximate surface area is 350 Å². The van der Waals surface area contributed by atoms with Gasteiger partial charge in [0.15, 0.2) is 0 Å². The van der Waals surface area contributed by atoms with E-state index in [4.69, 9.17) is 4.42 Å². The van der Waals surface area contributed by atoms with Crippen LogP contribution in [0.1, 0.15) is 57.2 Å². The largest absolute Gasteiger partial charge is 0.456 e. The van der Waals surface area contributed by atoms with Gasteiger partial charge in [0.1, 0.15) is 11.2 Å². The van der Waals surface area contributed by atoms with Crippen LogP contribution in [0.3, 0.4) is 0 Å². The normalized spacial score (nSPS) is 16.3. The lowest BCUT2D eigenvalue weighted by atomic mass is 9.44. The minimum Gasteiger partial charge on any atom is -0.456 e. The van der Waals surface area contributed by atoms with Crippen molar-refractivity contribution in [3.05, 3.63) is 138 Å². The quantitative estimate of drug-likeness (QED) is 0.154. The third kappa shape index (κ3) is 4.00. The molecule has 6 heterocycles. The Morgan fingerprint density at radius 2 is 1.24 bits per heavy atom. The van der Waals surface area contributed by atoms with Crippen molar-refractivity contribution in [2.75, 3.05) is 4.90 Å². The van der Waals surface area contributed by atoms with E-state index in [1.54, 1.807) is 0 Å². The topological polar surface area (TPSA) is 21.3 Å². The summed E-state index contributed by atoms with van der Waals surface area (Å²) in [5.41, 5.74) is 18.1. The molecule has 4 aromatic heterocycles. The third-order valence-corrected chi connectivity index (χ3v) is 17.0. The number of thiophene rings is 2. The van der Waals surface area contributed by atoms with Gasteiger partial charge in [-0.3, -0.25) is 0 Å². The molecule has 0 saturated carbocycles. The highest BCUT2D eigenvalue weighted by atomic mass is 32.1. The van der Waals surface area contributed by atoms with E-state index in [-0.39, 0.29) is 17.7 Å². The molecule has 6 heteroatoms. The Morgan fingerprint density at radius 1 is 0.559 bits per heavy atom. The fraction of sp³-hybridized carbons (Fsp3) is 0.170. The van der Waals surface area contributed by atoms with E-state index >= 15 is 0 Å². The van der Waals surface area contributed by atoms with Crippen molar-refractivity contribution < 1.29 is 4.42 Å². The smallest absolute Gasteiger partial charge is 0.334 e. The van der Waals surface area contributed by atoms with Gasteiger partial charge in [-0.2, -0.15) is 0 Å². The van der Waals surface area contributed by atoms with E-state index in [2.05, 4.69) is 165 Å². The number of nitrogens with zero attached hydrogens (tertiary/aromatic N) is 2. The third-order valence-electron chi connectivity index (χ3n) is 14.5. The van der Waals surface area contributed by atoms with Crippen LogP contribution in [0.15, 0.2) is 126 Å². The van der Waals surface area contributed by atoms with Crippen LogP contribution in [0, 0.1) is 6.92 Å². The predicted molar refractivity (Wildman–Crippen MR) is 256 cm³/mol. The average Bonchev–Trinajstić information content (AvgIpc) is 4.00. The van der Waals surface area contributed by atoms with Crippen LogP contribution in [0.25, 0.3) is 84.4 Å². The molecule has 7 aromatic carbocycles. The van der Waals surface area contributed by atoms with E-state index in [1.165, 1.54) is 131 Å². The molecule has 2 aliphatic heterocycles. The van der Waals surface area contributed by atoms with E-state index in [1.807, 2.05) is 22.7 Å². The van der Waals surface area contributed by atoms with Gasteiger partial charge in [-0.1, -0.05) is 113 Å². The maximum atomic E-state index is 6.94. The van der Waals surface area contributed by atoms with E-state index in [0.717, 1.165) is 11.2 Å². The molecule has 3 aliphatic rings. The lowest BCUT2D eigenvalue weighted by Crippen LogP contribution is -2.57. The van der Waals surface area contributed by atoms with Crippen LogP contribution < -0.4 is 15.8 Å². The van der Waals surface area contributed by atoms with Crippen LogP contribution in [0.5, 0.6) is 0 Å². The van der Waals surface area contributed by atoms with Crippen molar-refractivity contribution in [2.45, 2.75) is 58.3 Å². The highest BCUT2D eigenvalue weighted by Gasteiger charge is 2.47. The molecule has 14 rings (SSSR count). The Balaban J connectivity index is 1.22. The Morgan fingerprint density at radius 3 is 2.05 bits per heavy atom. The maximum absolute atomic E-state index is 6.94. The van der Waals surface area contributed by atoms with E-state index < -0.39 is 0 Å². The van der Waals surface area contributed by atoms with Gasteiger partial charge < -0.3 is 13.8 Å². The predicted octanol–water partition coefficient (Wildman–Crippen LogP) is 14.4. The first-order chi connectivity index (χ1) is 28.7. The van der Waals surface area contributed by atoms with Gasteiger partial charge in [-0.15, -0.1) is 22.7 Å². The van der Waals surface area contributed by atoms with E-state index in [0.29, 0.717) is 0 Å². The summed E-state index contributed by atoms with van der Waals surface area (Å²) < 4.78 is 15.1.